The van der Waals surface area contributed by atoms with E-state index < -0.39 is 34.7 Å². The topological polar surface area (TPSA) is 55.8 Å². The number of piperidine rings is 1. The summed E-state index contributed by atoms with van der Waals surface area (Å²) in [4.78, 5) is 25.3. The van der Waals surface area contributed by atoms with E-state index in [0.29, 0.717) is 18.9 Å². The average Bonchev–Trinajstić information content (AvgIpc) is 2.58. The van der Waals surface area contributed by atoms with Crippen molar-refractivity contribution < 1.29 is 32.2 Å². The Balaban J connectivity index is 2.14. The number of nitrogens with zero attached hydrogens (tertiary/aromatic N) is 1. The third kappa shape index (κ3) is 3.47. The maximum atomic E-state index is 14.2. The van der Waals surface area contributed by atoms with Gasteiger partial charge in [-0.25, -0.2) is 8.78 Å². The number of methoxy groups -OCH3 is 1. The summed E-state index contributed by atoms with van der Waals surface area (Å²) in [6.07, 6.45) is 0.736. The Hall–Kier alpha value is -2.25. The van der Waals surface area contributed by atoms with Crippen LogP contribution in [-0.4, -0.2) is 43.6 Å². The second-order valence-corrected chi connectivity index (χ2v) is 5.39. The fourth-order valence-electron chi connectivity index (χ4n) is 2.66. The molecule has 1 amide bonds. The largest absolute Gasteiger partial charge is 0.491 e. The molecule has 0 spiro atoms. The number of ether oxygens (including phenoxy) is 2. The van der Waals surface area contributed by atoms with E-state index in [1.165, 1.54) is 4.90 Å². The molecule has 0 saturated carbocycles. The van der Waals surface area contributed by atoms with Crippen molar-refractivity contribution in [3.8, 4) is 5.75 Å². The second kappa shape index (κ2) is 7.55. The predicted molar refractivity (Wildman–Crippen MR) is 78.1 cm³/mol. The van der Waals surface area contributed by atoms with Crippen LogP contribution in [-0.2, 0) is 9.53 Å². The third-order valence-electron chi connectivity index (χ3n) is 3.95. The van der Waals surface area contributed by atoms with E-state index in [2.05, 4.69) is 4.74 Å². The molecule has 0 atom stereocenters. The number of esters is 1. The number of halogens is 3. The lowest BCUT2D eigenvalue weighted by Crippen LogP contribution is -2.41. The number of hydrogen-bond acceptors (Lipinski definition) is 4. The van der Waals surface area contributed by atoms with Crippen molar-refractivity contribution in [2.75, 3.05) is 26.8 Å². The Morgan fingerprint density at radius 1 is 1.21 bits per heavy atom. The Morgan fingerprint density at radius 2 is 1.83 bits per heavy atom. The molecule has 0 unspecified atom stereocenters. The molecule has 1 aliphatic heterocycles. The van der Waals surface area contributed by atoms with Gasteiger partial charge in [-0.2, -0.15) is 4.39 Å². The number of likely N-dealkylation sites (tertiary alicyclic amines) is 1. The van der Waals surface area contributed by atoms with Crippen LogP contribution in [0.5, 0.6) is 5.75 Å². The normalized spacial score (nSPS) is 15.3. The van der Waals surface area contributed by atoms with Gasteiger partial charge in [-0.15, -0.1) is 0 Å². The highest BCUT2D eigenvalue weighted by Crippen LogP contribution is 2.29. The van der Waals surface area contributed by atoms with E-state index in [0.717, 1.165) is 7.11 Å². The molecule has 0 aromatic heterocycles. The van der Waals surface area contributed by atoms with Gasteiger partial charge in [0.15, 0.2) is 17.4 Å². The molecule has 0 bridgehead atoms. The zero-order valence-corrected chi connectivity index (χ0v) is 13.4. The first kappa shape index (κ1) is 18.1. The van der Waals surface area contributed by atoms with Crippen LogP contribution >= 0.6 is 0 Å². The van der Waals surface area contributed by atoms with Gasteiger partial charge in [0.1, 0.15) is 0 Å². The Kier molecular flexibility index (Phi) is 5.69. The van der Waals surface area contributed by atoms with Crippen LogP contribution in [0.1, 0.15) is 30.1 Å². The highest BCUT2D eigenvalue weighted by molar-refractivity contribution is 5.95. The van der Waals surface area contributed by atoms with Crippen LogP contribution in [0, 0.1) is 23.4 Å². The van der Waals surface area contributed by atoms with Gasteiger partial charge in [-0.1, -0.05) is 0 Å². The smallest absolute Gasteiger partial charge is 0.309 e. The molecule has 1 heterocycles. The Labute approximate surface area is 137 Å². The number of carbonyl (C=O) groups excluding carboxylic acids is 2. The quantitative estimate of drug-likeness (QED) is 0.622. The minimum Gasteiger partial charge on any atom is -0.491 e. The van der Waals surface area contributed by atoms with E-state index in [9.17, 15) is 22.8 Å². The number of amides is 1. The fraction of sp³-hybridized carbons (Fsp3) is 0.500. The molecule has 5 nitrogen and oxygen atoms in total. The summed E-state index contributed by atoms with van der Waals surface area (Å²) >= 11 is 0. The van der Waals surface area contributed by atoms with Crippen LogP contribution in [0.4, 0.5) is 13.2 Å². The standard InChI is InChI=1S/C16H18F3NO4/c1-3-24-16(22)9-4-6-20(7-5-9)15(21)10-8-11(17)13(19)14(23-2)12(10)18/h8-9H,3-7H2,1-2H3. The zero-order valence-electron chi connectivity index (χ0n) is 13.4. The summed E-state index contributed by atoms with van der Waals surface area (Å²) in [6.45, 7) is 2.37. The van der Waals surface area contributed by atoms with E-state index >= 15 is 0 Å². The first-order chi connectivity index (χ1) is 11.4. The van der Waals surface area contributed by atoms with E-state index in [1.807, 2.05) is 0 Å². The minimum atomic E-state index is -1.48. The number of hydrogen-bond donors (Lipinski definition) is 0. The van der Waals surface area contributed by atoms with Crippen LogP contribution < -0.4 is 4.74 Å². The van der Waals surface area contributed by atoms with E-state index in [1.54, 1.807) is 6.92 Å². The Morgan fingerprint density at radius 3 is 2.38 bits per heavy atom. The molecule has 1 fully saturated rings. The molecular weight excluding hydrogens is 327 g/mol. The van der Waals surface area contributed by atoms with Gasteiger partial charge in [-0.05, 0) is 25.8 Å². The maximum absolute atomic E-state index is 14.2. The van der Waals surface area contributed by atoms with Crippen LogP contribution in [0.2, 0.25) is 0 Å². The van der Waals surface area contributed by atoms with Crippen molar-refractivity contribution in [1.29, 1.82) is 0 Å². The summed E-state index contributed by atoms with van der Waals surface area (Å²) in [7, 11) is 0.986. The molecule has 1 aromatic rings. The molecule has 8 heteroatoms. The summed E-state index contributed by atoms with van der Waals surface area (Å²) in [5.41, 5.74) is -0.597. The molecule has 0 aliphatic carbocycles. The Bertz CT molecular complexity index is 643. The van der Waals surface area contributed by atoms with Crippen LogP contribution in [0.3, 0.4) is 0 Å². The molecule has 1 saturated heterocycles. The highest BCUT2D eigenvalue weighted by atomic mass is 19.2. The molecule has 132 valence electrons. The van der Waals surface area contributed by atoms with Gasteiger partial charge in [0, 0.05) is 13.1 Å². The van der Waals surface area contributed by atoms with Gasteiger partial charge in [-0.3, -0.25) is 9.59 Å². The molecule has 1 aliphatic rings. The van der Waals surface area contributed by atoms with Crippen molar-refractivity contribution >= 4 is 11.9 Å². The molecule has 24 heavy (non-hydrogen) atoms. The SMILES string of the molecule is CCOC(=O)C1CCN(C(=O)c2cc(F)c(F)c(OC)c2F)CC1. The van der Waals surface area contributed by atoms with Crippen molar-refractivity contribution in [2.24, 2.45) is 5.92 Å². The highest BCUT2D eigenvalue weighted by Gasteiger charge is 2.31. The lowest BCUT2D eigenvalue weighted by molar-refractivity contribution is -0.149. The monoisotopic (exact) mass is 345 g/mol. The average molecular weight is 345 g/mol. The number of carbonyl (C=O) groups is 2. The van der Waals surface area contributed by atoms with Crippen molar-refractivity contribution in [2.45, 2.75) is 19.8 Å². The van der Waals surface area contributed by atoms with Crippen molar-refractivity contribution in [3.63, 3.8) is 0 Å². The van der Waals surface area contributed by atoms with Crippen molar-refractivity contribution in [1.82, 2.24) is 4.90 Å². The van der Waals surface area contributed by atoms with Crippen LogP contribution in [0.25, 0.3) is 0 Å². The van der Waals surface area contributed by atoms with Gasteiger partial charge < -0.3 is 14.4 Å². The first-order valence-corrected chi connectivity index (χ1v) is 7.58. The lowest BCUT2D eigenvalue weighted by atomic mass is 9.96. The summed E-state index contributed by atoms with van der Waals surface area (Å²) < 4.78 is 50.6. The van der Waals surface area contributed by atoms with E-state index in [-0.39, 0.29) is 31.6 Å². The maximum Gasteiger partial charge on any atom is 0.309 e. The number of rotatable bonds is 4. The molecule has 0 radical (unpaired) electrons. The van der Waals surface area contributed by atoms with Crippen LogP contribution in [0.15, 0.2) is 6.07 Å². The molecular formula is C16H18F3NO4. The predicted octanol–water partition coefficient (Wildman–Crippen LogP) is 2.53. The summed E-state index contributed by atoms with van der Waals surface area (Å²) in [5.74, 6) is -6.44. The molecule has 0 N–H and O–H groups in total. The summed E-state index contributed by atoms with van der Waals surface area (Å²) in [5, 5.41) is 0. The van der Waals surface area contributed by atoms with E-state index in [4.69, 9.17) is 4.74 Å². The van der Waals surface area contributed by atoms with Crippen molar-refractivity contribution in [3.05, 3.63) is 29.1 Å². The molecule has 2 rings (SSSR count). The zero-order chi connectivity index (χ0) is 17.9. The summed E-state index contributed by atoms with van der Waals surface area (Å²) in [6, 6.07) is 0.521. The lowest BCUT2D eigenvalue weighted by Gasteiger charge is -2.31. The van der Waals surface area contributed by atoms with Gasteiger partial charge >= 0.3 is 5.97 Å². The third-order valence-corrected chi connectivity index (χ3v) is 3.95. The van der Waals surface area contributed by atoms with Gasteiger partial charge in [0.05, 0.1) is 25.2 Å². The van der Waals surface area contributed by atoms with Gasteiger partial charge in [0.25, 0.3) is 5.91 Å². The second-order valence-electron chi connectivity index (χ2n) is 5.39. The van der Waals surface area contributed by atoms with Gasteiger partial charge in [0.2, 0.25) is 5.82 Å². The number of benzene rings is 1. The minimum absolute atomic E-state index is 0.197. The fourth-order valence-corrected chi connectivity index (χ4v) is 2.66. The first-order valence-electron chi connectivity index (χ1n) is 7.58. The molecule has 1 aromatic carbocycles.